The summed E-state index contributed by atoms with van der Waals surface area (Å²) in [5.74, 6) is -0.884. The van der Waals surface area contributed by atoms with Gasteiger partial charge >= 0.3 is 21.6 Å². The van der Waals surface area contributed by atoms with Gasteiger partial charge in [0, 0.05) is 20.9 Å². The number of nitrogens with one attached hydrogen (secondary N) is 1. The Morgan fingerprint density at radius 1 is 1.17 bits per heavy atom. The number of ether oxygens (including phenoxy) is 2. The molecule has 0 bridgehead atoms. The lowest BCUT2D eigenvalue weighted by atomic mass is 10.1. The molecule has 23 heteroatoms. The zero-order valence-electron chi connectivity index (χ0n) is 24.7. The Labute approximate surface area is 266 Å². The van der Waals surface area contributed by atoms with E-state index in [2.05, 4.69) is 20.0 Å². The third kappa shape index (κ3) is 8.75. The number of aliphatic hydroxyl groups excluding tert-OH is 1. The van der Waals surface area contributed by atoms with Gasteiger partial charge in [-0.15, -0.1) is 0 Å². The Bertz CT molecular complexity index is 1690. The standard InChI is InChI=1S/C23H31ClFN6O12P3/c1-13(22(33)39-10-14-8-6-5-7-9-14)30-44(4,34)42-46(36,38-3)43-45(35,37-2)40-11-15-18(32)16(25)21(41-15)31-12-27-17-19(26)28-23(24)29-20(17)31/h5-9,12-13,15-16,18,21,32H,10-11H2,1-4H3,(H,30,34)(H2,26,28,29)/t13-,15+,16+,18?,21+,44?,45?,46?/m0/s1. The van der Waals surface area contributed by atoms with Crippen molar-refractivity contribution in [2.75, 3.05) is 33.2 Å². The lowest BCUT2D eigenvalue weighted by Crippen LogP contribution is -2.33. The lowest BCUT2D eigenvalue weighted by Gasteiger charge is -2.25. The second-order valence-electron chi connectivity index (χ2n) is 9.71. The second-order valence-corrected chi connectivity index (χ2v) is 16.1. The summed E-state index contributed by atoms with van der Waals surface area (Å²) >= 11 is 5.85. The molecule has 0 amide bonds. The van der Waals surface area contributed by atoms with E-state index < -0.39 is 66.4 Å². The minimum atomic E-state index is -5.01. The highest BCUT2D eigenvalue weighted by molar-refractivity contribution is 7.70. The van der Waals surface area contributed by atoms with Crippen molar-refractivity contribution < 1.29 is 59.7 Å². The molecule has 4 rings (SSSR count). The molecule has 4 unspecified atom stereocenters. The minimum absolute atomic E-state index is 0.0133. The summed E-state index contributed by atoms with van der Waals surface area (Å²) in [6.45, 7) is 1.38. The number of hydrogen-bond donors (Lipinski definition) is 3. The Morgan fingerprint density at radius 2 is 1.85 bits per heavy atom. The highest BCUT2D eigenvalue weighted by Crippen LogP contribution is 2.70. The number of nitrogens with zero attached hydrogens (tertiary/aromatic N) is 4. The molecular formula is C23H31ClFN6O12P3. The Morgan fingerprint density at radius 3 is 2.50 bits per heavy atom. The van der Waals surface area contributed by atoms with E-state index in [4.69, 9.17) is 49.0 Å². The molecule has 3 heterocycles. The molecule has 0 spiro atoms. The average molecular weight is 731 g/mol. The van der Waals surface area contributed by atoms with Crippen LogP contribution in [0.3, 0.4) is 0 Å². The van der Waals surface area contributed by atoms with Gasteiger partial charge in [0.1, 0.15) is 30.4 Å². The van der Waals surface area contributed by atoms with Gasteiger partial charge in [0.25, 0.3) is 7.52 Å². The fraction of sp³-hybridized carbons (Fsp3) is 0.478. The molecule has 46 heavy (non-hydrogen) atoms. The van der Waals surface area contributed by atoms with Crippen LogP contribution in [0, 0.1) is 0 Å². The SMILES string of the molecule is COP(=O)(OC[C@H]1O[C@@H](n2cnc3c(N)nc(Cl)nc32)[C@H](F)C1O)OP(=O)(OC)OP(C)(=O)N[C@@H](C)C(=O)OCc1ccccc1. The van der Waals surface area contributed by atoms with E-state index in [0.29, 0.717) is 5.56 Å². The van der Waals surface area contributed by atoms with Crippen molar-refractivity contribution in [3.63, 3.8) is 0 Å². The highest BCUT2D eigenvalue weighted by Gasteiger charge is 2.49. The Balaban J connectivity index is 1.37. The van der Waals surface area contributed by atoms with Crippen LogP contribution in [-0.2, 0) is 56.8 Å². The van der Waals surface area contributed by atoms with Gasteiger partial charge in [-0.1, -0.05) is 30.3 Å². The van der Waals surface area contributed by atoms with Crippen LogP contribution in [0.1, 0.15) is 18.7 Å². The molecular weight excluding hydrogens is 700 g/mol. The van der Waals surface area contributed by atoms with Gasteiger partial charge in [-0.05, 0) is 24.1 Å². The van der Waals surface area contributed by atoms with Gasteiger partial charge in [0.15, 0.2) is 23.9 Å². The van der Waals surface area contributed by atoms with Crippen LogP contribution < -0.4 is 10.8 Å². The molecule has 0 saturated carbocycles. The first-order valence-corrected chi connectivity index (χ1v) is 18.5. The number of carbonyl (C=O) groups excluding carboxylic acids is 1. The molecule has 1 aromatic carbocycles. The van der Waals surface area contributed by atoms with Gasteiger partial charge in [-0.3, -0.25) is 27.5 Å². The number of alkyl halides is 1. The average Bonchev–Trinajstić information content (AvgIpc) is 3.54. The van der Waals surface area contributed by atoms with E-state index in [1.54, 1.807) is 30.3 Å². The number of halogens is 2. The van der Waals surface area contributed by atoms with Crippen LogP contribution in [0.2, 0.25) is 5.28 Å². The summed E-state index contributed by atoms with van der Waals surface area (Å²) in [7, 11) is -12.4. The number of aromatic nitrogens is 4. The number of phosphoric acid groups is 2. The Hall–Kier alpha value is -2.37. The quantitative estimate of drug-likeness (QED) is 0.115. The third-order valence-corrected chi connectivity index (χ3v) is 12.3. The molecule has 8 atom stereocenters. The topological polar surface area (TPSA) is 235 Å². The molecule has 254 valence electrons. The van der Waals surface area contributed by atoms with E-state index in [1.807, 2.05) is 0 Å². The van der Waals surface area contributed by atoms with Crippen molar-refractivity contribution in [2.45, 2.75) is 44.2 Å². The number of phosphoric ester groups is 1. The van der Waals surface area contributed by atoms with Crippen LogP contribution in [0.4, 0.5) is 10.2 Å². The number of hydrogen-bond acceptors (Lipinski definition) is 16. The summed E-state index contributed by atoms with van der Waals surface area (Å²) in [6.07, 6.45) is -5.75. The number of esters is 1. The summed E-state index contributed by atoms with van der Waals surface area (Å²) < 4.78 is 91.1. The summed E-state index contributed by atoms with van der Waals surface area (Å²) in [5, 5.41) is 12.6. The van der Waals surface area contributed by atoms with Crippen LogP contribution in [-0.4, -0.2) is 82.5 Å². The van der Waals surface area contributed by atoms with E-state index >= 15 is 4.39 Å². The predicted molar refractivity (Wildman–Crippen MR) is 159 cm³/mol. The normalized spacial score (nSPS) is 24.6. The van der Waals surface area contributed by atoms with Crippen molar-refractivity contribution >= 4 is 57.7 Å². The number of rotatable bonds is 15. The summed E-state index contributed by atoms with van der Waals surface area (Å²) in [5.41, 5.74) is 6.60. The predicted octanol–water partition coefficient (Wildman–Crippen LogP) is 3.76. The first-order valence-electron chi connectivity index (χ1n) is 13.2. The summed E-state index contributed by atoms with van der Waals surface area (Å²) in [4.78, 5) is 24.1. The largest absolute Gasteiger partial charge is 0.490 e. The van der Waals surface area contributed by atoms with E-state index in [9.17, 15) is 23.6 Å². The van der Waals surface area contributed by atoms with Crippen LogP contribution in [0.25, 0.3) is 11.2 Å². The van der Waals surface area contributed by atoms with E-state index in [0.717, 1.165) is 31.8 Å². The summed E-state index contributed by atoms with van der Waals surface area (Å²) in [6, 6.07) is 7.56. The zero-order valence-corrected chi connectivity index (χ0v) is 28.1. The molecule has 0 aliphatic carbocycles. The molecule has 18 nitrogen and oxygen atoms in total. The number of anilines is 1. The van der Waals surface area contributed by atoms with Crippen LogP contribution in [0.5, 0.6) is 0 Å². The smallest absolute Gasteiger partial charge is 0.460 e. The molecule has 0 radical (unpaired) electrons. The van der Waals surface area contributed by atoms with Gasteiger partial charge < -0.3 is 20.3 Å². The van der Waals surface area contributed by atoms with Gasteiger partial charge in [-0.2, -0.15) is 14.3 Å². The molecule has 3 aromatic rings. The lowest BCUT2D eigenvalue weighted by molar-refractivity contribution is -0.146. The molecule has 4 N–H and O–H groups in total. The van der Waals surface area contributed by atoms with Gasteiger partial charge in [0.2, 0.25) is 5.28 Å². The fourth-order valence-electron chi connectivity index (χ4n) is 4.11. The number of fused-ring (bicyclic) bond motifs is 1. The van der Waals surface area contributed by atoms with Crippen molar-refractivity contribution in [2.24, 2.45) is 0 Å². The van der Waals surface area contributed by atoms with E-state index in [-0.39, 0.29) is 28.9 Å². The maximum absolute atomic E-state index is 15.2. The number of imidazole rings is 1. The number of benzene rings is 1. The monoisotopic (exact) mass is 730 g/mol. The molecule has 1 aliphatic heterocycles. The van der Waals surface area contributed by atoms with Crippen LogP contribution >= 0.6 is 34.8 Å². The van der Waals surface area contributed by atoms with Crippen molar-refractivity contribution in [3.8, 4) is 0 Å². The first-order chi connectivity index (χ1) is 21.6. The molecule has 1 fully saturated rings. The van der Waals surface area contributed by atoms with Gasteiger partial charge in [0.05, 0.1) is 12.9 Å². The van der Waals surface area contributed by atoms with Crippen LogP contribution in [0.15, 0.2) is 36.7 Å². The van der Waals surface area contributed by atoms with Crippen molar-refractivity contribution in [3.05, 3.63) is 47.5 Å². The molecule has 1 saturated heterocycles. The first kappa shape index (κ1) is 36.5. The zero-order chi connectivity index (χ0) is 33.9. The second kappa shape index (κ2) is 14.8. The number of nitrogen functional groups attached to an aromatic ring is 1. The third-order valence-electron chi connectivity index (χ3n) is 6.29. The maximum Gasteiger partial charge on any atom is 0.490 e. The van der Waals surface area contributed by atoms with Crippen molar-refractivity contribution in [1.29, 1.82) is 0 Å². The van der Waals surface area contributed by atoms with E-state index in [1.165, 1.54) is 6.92 Å². The number of carbonyl (C=O) groups is 1. The minimum Gasteiger partial charge on any atom is -0.460 e. The fourth-order valence-corrected chi connectivity index (χ4v) is 9.60. The molecule has 1 aliphatic rings. The number of nitrogens with two attached hydrogens (primary N) is 1. The number of aliphatic hydroxyl groups is 1. The molecule has 2 aromatic heterocycles. The van der Waals surface area contributed by atoms with Crippen molar-refractivity contribution in [1.82, 2.24) is 24.6 Å². The highest BCUT2D eigenvalue weighted by atomic mass is 35.5. The van der Waals surface area contributed by atoms with Gasteiger partial charge in [-0.25, -0.2) is 27.9 Å². The Kier molecular flexibility index (Phi) is 11.7. The maximum atomic E-state index is 15.2.